The van der Waals surface area contributed by atoms with Gasteiger partial charge in [-0.05, 0) is 35.8 Å². The van der Waals surface area contributed by atoms with Crippen LogP contribution < -0.4 is 0 Å². The highest BCUT2D eigenvalue weighted by Gasteiger charge is 2.51. The van der Waals surface area contributed by atoms with Crippen LogP contribution in [-0.2, 0) is 14.0 Å². The fourth-order valence-corrected chi connectivity index (χ4v) is 5.37. The molecule has 2 aliphatic rings. The van der Waals surface area contributed by atoms with Crippen LogP contribution in [0, 0.1) is 17.2 Å². The highest BCUT2D eigenvalue weighted by atomic mass is 28.4. The summed E-state index contributed by atoms with van der Waals surface area (Å²) in [6, 6.07) is 6.62. The SMILES string of the molecule is CC1(C)COC(=O)[C@@H]1N1C[C@H](CO[Si](C)(C)C(C)(C)C)[C@@H](c2cccc(F)c2)C1. The number of esters is 1. The largest absolute Gasteiger partial charge is 0.464 e. The van der Waals surface area contributed by atoms with E-state index in [4.69, 9.17) is 9.16 Å². The molecule has 0 saturated carbocycles. The van der Waals surface area contributed by atoms with E-state index in [1.807, 2.05) is 6.07 Å². The molecule has 0 spiro atoms. The average Bonchev–Trinajstić information content (AvgIpc) is 3.12. The number of ether oxygens (including phenoxy) is 1. The van der Waals surface area contributed by atoms with Crippen molar-refractivity contribution in [2.24, 2.45) is 11.3 Å². The maximum Gasteiger partial charge on any atom is 0.324 e. The van der Waals surface area contributed by atoms with Gasteiger partial charge in [0.15, 0.2) is 8.32 Å². The fraction of sp³-hybridized carbons (Fsp3) is 0.696. The van der Waals surface area contributed by atoms with Crippen LogP contribution in [-0.4, -0.2) is 51.5 Å². The molecule has 4 nitrogen and oxygen atoms in total. The normalized spacial score (nSPS) is 28.0. The second-order valence-electron chi connectivity index (χ2n) is 10.9. The predicted molar refractivity (Wildman–Crippen MR) is 116 cm³/mol. The number of rotatable bonds is 5. The van der Waals surface area contributed by atoms with Crippen molar-refractivity contribution < 1.29 is 18.3 Å². The number of likely N-dealkylation sites (tertiary alicyclic amines) is 1. The molecule has 0 aliphatic carbocycles. The Morgan fingerprint density at radius 2 is 1.97 bits per heavy atom. The summed E-state index contributed by atoms with van der Waals surface area (Å²) in [5.74, 6) is -0.000582. The summed E-state index contributed by atoms with van der Waals surface area (Å²) >= 11 is 0. The van der Waals surface area contributed by atoms with Gasteiger partial charge in [-0.2, -0.15) is 0 Å². The van der Waals surface area contributed by atoms with E-state index >= 15 is 0 Å². The van der Waals surface area contributed by atoms with Crippen molar-refractivity contribution in [2.75, 3.05) is 26.3 Å². The second-order valence-corrected chi connectivity index (χ2v) is 15.8. The van der Waals surface area contributed by atoms with E-state index in [0.717, 1.165) is 18.7 Å². The summed E-state index contributed by atoms with van der Waals surface area (Å²) in [7, 11) is -1.89. The van der Waals surface area contributed by atoms with Crippen LogP contribution in [0.4, 0.5) is 4.39 Å². The molecule has 29 heavy (non-hydrogen) atoms. The topological polar surface area (TPSA) is 38.8 Å². The van der Waals surface area contributed by atoms with E-state index in [-0.39, 0.29) is 40.1 Å². The van der Waals surface area contributed by atoms with Crippen molar-refractivity contribution in [3.05, 3.63) is 35.6 Å². The Balaban J connectivity index is 1.84. The Morgan fingerprint density at radius 3 is 2.52 bits per heavy atom. The van der Waals surface area contributed by atoms with Gasteiger partial charge in [0.1, 0.15) is 11.9 Å². The van der Waals surface area contributed by atoms with Crippen LogP contribution in [0.15, 0.2) is 24.3 Å². The van der Waals surface area contributed by atoms with Gasteiger partial charge >= 0.3 is 5.97 Å². The molecule has 2 saturated heterocycles. The highest BCUT2D eigenvalue weighted by Crippen LogP contribution is 2.42. The van der Waals surface area contributed by atoms with Gasteiger partial charge in [0, 0.05) is 36.9 Å². The van der Waals surface area contributed by atoms with Crippen LogP contribution in [0.25, 0.3) is 0 Å². The van der Waals surface area contributed by atoms with E-state index in [9.17, 15) is 9.18 Å². The minimum absolute atomic E-state index is 0.136. The first-order chi connectivity index (χ1) is 13.3. The zero-order valence-electron chi connectivity index (χ0n) is 18.9. The number of carbonyl (C=O) groups excluding carboxylic acids is 1. The fourth-order valence-electron chi connectivity index (χ4n) is 4.31. The van der Waals surface area contributed by atoms with Crippen molar-refractivity contribution >= 4 is 14.3 Å². The van der Waals surface area contributed by atoms with E-state index in [1.165, 1.54) is 6.07 Å². The van der Waals surface area contributed by atoms with Crippen molar-refractivity contribution in [2.45, 2.75) is 64.7 Å². The molecular weight excluding hydrogens is 385 g/mol. The zero-order chi connectivity index (χ0) is 21.6. The lowest BCUT2D eigenvalue weighted by molar-refractivity contribution is -0.142. The smallest absolute Gasteiger partial charge is 0.324 e. The number of nitrogens with zero attached hydrogens (tertiary/aromatic N) is 1. The van der Waals surface area contributed by atoms with Gasteiger partial charge in [-0.1, -0.05) is 46.8 Å². The first-order valence-electron chi connectivity index (χ1n) is 10.6. The first-order valence-corrected chi connectivity index (χ1v) is 13.5. The van der Waals surface area contributed by atoms with Gasteiger partial charge in [-0.3, -0.25) is 9.69 Å². The summed E-state index contributed by atoms with van der Waals surface area (Å²) in [6.07, 6.45) is 0. The Kier molecular flexibility index (Phi) is 6.02. The molecule has 2 heterocycles. The molecule has 3 atom stereocenters. The number of carbonyl (C=O) groups is 1. The molecule has 0 unspecified atom stereocenters. The Morgan fingerprint density at radius 1 is 1.28 bits per heavy atom. The van der Waals surface area contributed by atoms with Crippen molar-refractivity contribution in [3.63, 3.8) is 0 Å². The Bertz CT molecular complexity index is 759. The third-order valence-corrected chi connectivity index (χ3v) is 11.6. The summed E-state index contributed by atoms with van der Waals surface area (Å²) < 4.78 is 25.9. The van der Waals surface area contributed by atoms with E-state index < -0.39 is 8.32 Å². The quantitative estimate of drug-likeness (QED) is 0.505. The van der Waals surface area contributed by atoms with Crippen LogP contribution in [0.3, 0.4) is 0 Å². The predicted octanol–water partition coefficient (Wildman–Crippen LogP) is 4.81. The minimum Gasteiger partial charge on any atom is -0.464 e. The number of hydrogen-bond donors (Lipinski definition) is 0. The molecule has 0 N–H and O–H groups in total. The molecule has 6 heteroatoms. The summed E-state index contributed by atoms with van der Waals surface area (Å²) in [5, 5.41) is 0.136. The third kappa shape index (κ3) is 4.59. The number of benzene rings is 1. The molecule has 2 fully saturated rings. The van der Waals surface area contributed by atoms with Gasteiger partial charge in [0.25, 0.3) is 0 Å². The molecule has 2 aliphatic heterocycles. The van der Waals surface area contributed by atoms with Gasteiger partial charge in [0.05, 0.1) is 6.61 Å². The lowest BCUT2D eigenvalue weighted by Gasteiger charge is -2.37. The molecule has 1 aromatic rings. The molecule has 0 bridgehead atoms. The van der Waals surface area contributed by atoms with E-state index in [2.05, 4.69) is 52.6 Å². The van der Waals surface area contributed by atoms with Gasteiger partial charge in [-0.15, -0.1) is 0 Å². The molecule has 162 valence electrons. The average molecular weight is 422 g/mol. The van der Waals surface area contributed by atoms with Gasteiger partial charge < -0.3 is 9.16 Å². The lowest BCUT2D eigenvalue weighted by Crippen LogP contribution is -2.46. The van der Waals surface area contributed by atoms with Gasteiger partial charge in [-0.25, -0.2) is 4.39 Å². The Labute approximate surface area is 175 Å². The molecule has 0 radical (unpaired) electrons. The number of halogens is 1. The minimum atomic E-state index is -1.89. The highest BCUT2D eigenvalue weighted by molar-refractivity contribution is 6.74. The molecular formula is C23H36FNO3Si. The first kappa shape index (κ1) is 22.4. The third-order valence-electron chi connectivity index (χ3n) is 7.13. The summed E-state index contributed by atoms with van der Waals surface area (Å²) in [4.78, 5) is 14.7. The Hall–Kier alpha value is -1.24. The van der Waals surface area contributed by atoms with Crippen molar-refractivity contribution in [1.29, 1.82) is 0 Å². The lowest BCUT2D eigenvalue weighted by atomic mass is 9.86. The van der Waals surface area contributed by atoms with Crippen LogP contribution >= 0.6 is 0 Å². The number of hydrogen-bond acceptors (Lipinski definition) is 4. The molecule has 3 rings (SSSR count). The summed E-state index contributed by atoms with van der Waals surface area (Å²) in [6.45, 7) is 18.0. The van der Waals surface area contributed by atoms with Crippen LogP contribution in [0.1, 0.15) is 46.1 Å². The van der Waals surface area contributed by atoms with Crippen LogP contribution in [0.5, 0.6) is 0 Å². The van der Waals surface area contributed by atoms with Crippen molar-refractivity contribution in [3.8, 4) is 0 Å². The molecule has 0 amide bonds. The molecule has 0 aromatic heterocycles. The maximum absolute atomic E-state index is 14.0. The van der Waals surface area contributed by atoms with E-state index in [0.29, 0.717) is 13.2 Å². The van der Waals surface area contributed by atoms with Gasteiger partial charge in [0.2, 0.25) is 0 Å². The second kappa shape index (κ2) is 7.78. The van der Waals surface area contributed by atoms with Crippen LogP contribution in [0.2, 0.25) is 18.1 Å². The number of cyclic esters (lactones) is 1. The van der Waals surface area contributed by atoms with E-state index in [1.54, 1.807) is 12.1 Å². The monoisotopic (exact) mass is 421 g/mol. The zero-order valence-corrected chi connectivity index (χ0v) is 19.9. The maximum atomic E-state index is 14.0. The van der Waals surface area contributed by atoms with Crippen molar-refractivity contribution in [1.82, 2.24) is 4.90 Å². The standard InChI is InChI=1S/C23H36FNO3Si/c1-22(2,3)29(6,7)28-14-17-12-25(20-21(26)27-15-23(20,4)5)13-19(17)16-9-8-10-18(24)11-16/h8-11,17,19-20H,12-15H2,1-7H3/t17-,19-,20+/m1/s1. The summed E-state index contributed by atoms with van der Waals surface area (Å²) in [5.41, 5.74) is 0.763. The molecule has 1 aromatic carbocycles.